The Morgan fingerprint density at radius 1 is 1.00 bits per heavy atom. The summed E-state index contributed by atoms with van der Waals surface area (Å²) >= 11 is 0. The summed E-state index contributed by atoms with van der Waals surface area (Å²) < 4.78 is 13.3. The molecular weight excluding hydrogens is 353 g/mol. The fourth-order valence-electron chi connectivity index (χ4n) is 3.14. The van der Waals surface area contributed by atoms with E-state index in [1.165, 1.54) is 30.3 Å². The van der Waals surface area contributed by atoms with Crippen molar-refractivity contribution in [3.05, 3.63) is 75.1 Å². The highest BCUT2D eigenvalue weighted by atomic mass is 19.1. The molecule has 2 aromatic rings. The molecule has 2 aromatic carbocycles. The number of carbonyl (C=O) groups excluding carboxylic acids is 2. The summed E-state index contributed by atoms with van der Waals surface area (Å²) in [5.41, 5.74) is 0.782. The van der Waals surface area contributed by atoms with Crippen molar-refractivity contribution in [1.29, 1.82) is 0 Å². The number of benzene rings is 2. The van der Waals surface area contributed by atoms with E-state index in [0.29, 0.717) is 31.7 Å². The Morgan fingerprint density at radius 3 is 2.19 bits per heavy atom. The van der Waals surface area contributed by atoms with Crippen molar-refractivity contribution in [2.75, 3.05) is 26.2 Å². The first kappa shape index (κ1) is 18.5. The van der Waals surface area contributed by atoms with Gasteiger partial charge in [-0.2, -0.15) is 0 Å². The third-order valence-electron chi connectivity index (χ3n) is 4.66. The van der Waals surface area contributed by atoms with Crippen LogP contribution in [0.5, 0.6) is 0 Å². The maximum absolute atomic E-state index is 13.3. The van der Waals surface area contributed by atoms with Crippen LogP contribution in [0.2, 0.25) is 0 Å². The minimum atomic E-state index is -0.512. The summed E-state index contributed by atoms with van der Waals surface area (Å²) in [6.45, 7) is 2.79. The predicted molar refractivity (Wildman–Crippen MR) is 96.0 cm³/mol. The Hall–Kier alpha value is -3.29. The number of hydrogen-bond donors (Lipinski definition) is 0. The molecule has 0 unspecified atom stereocenters. The van der Waals surface area contributed by atoms with Crippen LogP contribution in [-0.2, 0) is 0 Å². The standard InChI is InChI=1S/C19H18FN3O4/c1-13-16(6-3-7-17(13)23(26)27)19(25)22-10-8-21(9-11-22)18(24)14-4-2-5-15(20)12-14/h2-7,12H,8-11H2,1H3. The number of nitrogens with zero attached hydrogens (tertiary/aromatic N) is 3. The number of nitro groups is 1. The van der Waals surface area contributed by atoms with Gasteiger partial charge in [0.1, 0.15) is 5.82 Å². The van der Waals surface area contributed by atoms with Gasteiger partial charge in [0.15, 0.2) is 0 Å². The quantitative estimate of drug-likeness (QED) is 0.613. The number of halogens is 1. The number of hydrogen-bond acceptors (Lipinski definition) is 4. The Bertz CT molecular complexity index is 908. The summed E-state index contributed by atoms with van der Waals surface area (Å²) in [6, 6.07) is 9.91. The van der Waals surface area contributed by atoms with E-state index in [9.17, 15) is 24.1 Å². The van der Waals surface area contributed by atoms with E-state index in [2.05, 4.69) is 0 Å². The molecular formula is C19H18FN3O4. The van der Waals surface area contributed by atoms with Gasteiger partial charge in [0.25, 0.3) is 17.5 Å². The lowest BCUT2D eigenvalue weighted by Gasteiger charge is -2.35. The number of amides is 2. The minimum absolute atomic E-state index is 0.0965. The van der Waals surface area contributed by atoms with Crippen LogP contribution in [0, 0.1) is 22.9 Å². The van der Waals surface area contributed by atoms with Crippen molar-refractivity contribution in [1.82, 2.24) is 9.80 Å². The first-order valence-electron chi connectivity index (χ1n) is 8.46. The van der Waals surface area contributed by atoms with E-state index in [4.69, 9.17) is 0 Å². The Labute approximate surface area is 155 Å². The second kappa shape index (κ2) is 7.53. The van der Waals surface area contributed by atoms with E-state index < -0.39 is 10.7 Å². The molecule has 0 bridgehead atoms. The van der Waals surface area contributed by atoms with E-state index in [0.717, 1.165) is 0 Å². The maximum atomic E-state index is 13.3. The molecule has 3 rings (SSSR count). The molecule has 0 saturated carbocycles. The van der Waals surface area contributed by atoms with Gasteiger partial charge >= 0.3 is 0 Å². The van der Waals surface area contributed by atoms with Gasteiger partial charge in [-0.05, 0) is 31.2 Å². The smallest absolute Gasteiger partial charge is 0.273 e. The average molecular weight is 371 g/mol. The molecule has 8 heteroatoms. The monoisotopic (exact) mass is 371 g/mol. The molecule has 1 saturated heterocycles. The largest absolute Gasteiger partial charge is 0.335 e. The highest BCUT2D eigenvalue weighted by Crippen LogP contribution is 2.23. The van der Waals surface area contributed by atoms with E-state index in [-0.39, 0.29) is 28.6 Å². The Kier molecular flexibility index (Phi) is 5.16. The molecule has 1 aliphatic heterocycles. The number of piperazine rings is 1. The molecule has 0 N–H and O–H groups in total. The fourth-order valence-corrected chi connectivity index (χ4v) is 3.14. The average Bonchev–Trinajstić information content (AvgIpc) is 2.67. The van der Waals surface area contributed by atoms with Crippen LogP contribution in [0.25, 0.3) is 0 Å². The highest BCUT2D eigenvalue weighted by molar-refractivity contribution is 5.97. The molecule has 0 aromatic heterocycles. The lowest BCUT2D eigenvalue weighted by Crippen LogP contribution is -2.50. The second-order valence-corrected chi connectivity index (χ2v) is 6.30. The van der Waals surface area contributed by atoms with Gasteiger partial charge in [0.05, 0.1) is 4.92 Å². The van der Waals surface area contributed by atoms with Crippen LogP contribution in [0.3, 0.4) is 0 Å². The molecule has 0 aliphatic carbocycles. The van der Waals surface area contributed by atoms with Gasteiger partial charge in [0.2, 0.25) is 0 Å². The van der Waals surface area contributed by atoms with E-state index in [1.54, 1.807) is 28.9 Å². The van der Waals surface area contributed by atoms with E-state index in [1.807, 2.05) is 0 Å². The third-order valence-corrected chi connectivity index (χ3v) is 4.66. The molecule has 0 radical (unpaired) electrons. The zero-order valence-corrected chi connectivity index (χ0v) is 14.7. The molecule has 7 nitrogen and oxygen atoms in total. The van der Waals surface area contributed by atoms with Crippen LogP contribution in [0.4, 0.5) is 10.1 Å². The van der Waals surface area contributed by atoms with Gasteiger partial charge < -0.3 is 9.80 Å². The Morgan fingerprint density at radius 2 is 1.59 bits per heavy atom. The van der Waals surface area contributed by atoms with Crippen molar-refractivity contribution in [3.8, 4) is 0 Å². The fraction of sp³-hybridized carbons (Fsp3) is 0.263. The van der Waals surface area contributed by atoms with Crippen molar-refractivity contribution in [2.45, 2.75) is 6.92 Å². The van der Waals surface area contributed by atoms with Gasteiger partial charge in [-0.15, -0.1) is 0 Å². The number of carbonyl (C=O) groups is 2. The second-order valence-electron chi connectivity index (χ2n) is 6.30. The molecule has 0 spiro atoms. The molecule has 140 valence electrons. The maximum Gasteiger partial charge on any atom is 0.273 e. The molecule has 1 heterocycles. The highest BCUT2D eigenvalue weighted by Gasteiger charge is 2.27. The molecule has 0 atom stereocenters. The van der Waals surface area contributed by atoms with E-state index >= 15 is 0 Å². The third kappa shape index (κ3) is 3.79. The zero-order chi connectivity index (χ0) is 19.6. The lowest BCUT2D eigenvalue weighted by molar-refractivity contribution is -0.385. The van der Waals surface area contributed by atoms with Crippen molar-refractivity contribution >= 4 is 17.5 Å². The zero-order valence-electron chi connectivity index (χ0n) is 14.7. The summed E-state index contributed by atoms with van der Waals surface area (Å²) in [7, 11) is 0. The minimum Gasteiger partial charge on any atom is -0.335 e. The Balaban J connectivity index is 1.69. The number of nitro benzene ring substituents is 1. The summed E-state index contributed by atoms with van der Waals surface area (Å²) in [5, 5.41) is 11.1. The van der Waals surface area contributed by atoms with Crippen LogP contribution < -0.4 is 0 Å². The van der Waals surface area contributed by atoms with Gasteiger partial charge in [-0.1, -0.05) is 12.1 Å². The van der Waals surface area contributed by atoms with Gasteiger partial charge in [-0.3, -0.25) is 19.7 Å². The molecule has 2 amide bonds. The lowest BCUT2D eigenvalue weighted by atomic mass is 10.1. The van der Waals surface area contributed by atoms with Gasteiger partial charge in [-0.25, -0.2) is 4.39 Å². The predicted octanol–water partition coefficient (Wildman–Crippen LogP) is 2.64. The normalized spacial score (nSPS) is 14.1. The number of rotatable bonds is 3. The SMILES string of the molecule is Cc1c(C(=O)N2CCN(C(=O)c3cccc(F)c3)CC2)cccc1[N+](=O)[O-]. The van der Waals surface area contributed by atoms with Crippen LogP contribution in [-0.4, -0.2) is 52.7 Å². The van der Waals surface area contributed by atoms with Crippen LogP contribution >= 0.6 is 0 Å². The van der Waals surface area contributed by atoms with Crippen LogP contribution in [0.1, 0.15) is 26.3 Å². The first-order valence-corrected chi connectivity index (χ1v) is 8.46. The van der Waals surface area contributed by atoms with Crippen LogP contribution in [0.15, 0.2) is 42.5 Å². The summed E-state index contributed by atoms with van der Waals surface area (Å²) in [5.74, 6) is -1.06. The van der Waals surface area contributed by atoms with Gasteiger partial charge in [0, 0.05) is 48.9 Å². The summed E-state index contributed by atoms with van der Waals surface area (Å²) in [6.07, 6.45) is 0. The van der Waals surface area contributed by atoms with Crippen molar-refractivity contribution in [3.63, 3.8) is 0 Å². The van der Waals surface area contributed by atoms with Crippen molar-refractivity contribution in [2.24, 2.45) is 0 Å². The molecule has 27 heavy (non-hydrogen) atoms. The van der Waals surface area contributed by atoms with Crippen molar-refractivity contribution < 1.29 is 18.9 Å². The molecule has 1 aliphatic rings. The topological polar surface area (TPSA) is 83.8 Å². The first-order chi connectivity index (χ1) is 12.9. The molecule has 1 fully saturated rings. The summed E-state index contributed by atoms with van der Waals surface area (Å²) in [4.78, 5) is 38.9.